The summed E-state index contributed by atoms with van der Waals surface area (Å²) in [5.74, 6) is 0.967. The first-order chi connectivity index (χ1) is 27.2. The molecule has 1 atom stereocenters. The zero-order valence-corrected chi connectivity index (χ0v) is 31.7. The summed E-state index contributed by atoms with van der Waals surface area (Å²) in [5, 5.41) is 23.5. The first-order valence-corrected chi connectivity index (χ1v) is 19.3. The van der Waals surface area contributed by atoms with Crippen molar-refractivity contribution in [3.63, 3.8) is 0 Å². The highest BCUT2D eigenvalue weighted by molar-refractivity contribution is 5.99. The number of para-hydroxylation sites is 1. The first-order valence-electron chi connectivity index (χ1n) is 19.3. The van der Waals surface area contributed by atoms with Crippen LogP contribution in [0.5, 0.6) is 0 Å². The average molecular weight is 753 g/mol. The molecule has 0 bridgehead atoms. The van der Waals surface area contributed by atoms with Crippen molar-refractivity contribution in [3.05, 3.63) is 93.4 Å². The molecular weight excluding hydrogens is 709 g/mol. The van der Waals surface area contributed by atoms with Crippen LogP contribution in [0.15, 0.2) is 65.6 Å². The van der Waals surface area contributed by atoms with Crippen LogP contribution >= 0.6 is 0 Å². The molecule has 0 aliphatic carbocycles. The molecule has 1 unspecified atom stereocenters. The Kier molecular flexibility index (Phi) is 9.16. The highest BCUT2D eigenvalue weighted by Gasteiger charge is 2.31. The van der Waals surface area contributed by atoms with Crippen LogP contribution in [0, 0.1) is 19.8 Å². The number of hydrogen-bond acceptors (Lipinski definition) is 12. The Labute approximate surface area is 323 Å². The largest absolute Gasteiger partial charge is 0.371 e. The predicted octanol–water partition coefficient (Wildman–Crippen LogP) is 4.82. The summed E-state index contributed by atoms with van der Waals surface area (Å²) in [6, 6.07) is 17.6. The Balaban J connectivity index is 0.826. The minimum absolute atomic E-state index is 0.161. The van der Waals surface area contributed by atoms with Gasteiger partial charge in [0.25, 0.3) is 11.5 Å². The van der Waals surface area contributed by atoms with E-state index in [9.17, 15) is 14.4 Å². The standard InChI is InChI=1S/C41H44N12O3/c1-24-5-4-6-25(2)36(24)45-37-32-21-42-41(46-38(32)50(3)48-37)43-29-8-7-27-15-16-51(23-28(27)19-29)22-26-13-17-52(18-14-26)30-9-10-33-31(20-30)40(56)53(49-47-33)34-11-12-35(54)44-39(34)55/h4-10,19-21,26,34H,11-18,22-23H2,1-3H3,(H,45,48)(H,42,43,46)(H,44,54,55). The van der Waals surface area contributed by atoms with E-state index in [-0.39, 0.29) is 24.3 Å². The smallest absolute Gasteiger partial charge is 0.278 e. The molecular formula is C41H44N12O3. The zero-order valence-electron chi connectivity index (χ0n) is 31.7. The van der Waals surface area contributed by atoms with E-state index in [0.29, 0.717) is 22.8 Å². The van der Waals surface area contributed by atoms with Crippen molar-refractivity contribution >= 4 is 62.6 Å². The molecule has 9 rings (SSSR count). The van der Waals surface area contributed by atoms with E-state index < -0.39 is 11.9 Å². The highest BCUT2D eigenvalue weighted by atomic mass is 16.2. The predicted molar refractivity (Wildman–Crippen MR) is 214 cm³/mol. The molecule has 2 fully saturated rings. The lowest BCUT2D eigenvalue weighted by molar-refractivity contribution is -0.136. The Morgan fingerprint density at radius 1 is 0.875 bits per heavy atom. The Morgan fingerprint density at radius 2 is 1.70 bits per heavy atom. The summed E-state index contributed by atoms with van der Waals surface area (Å²) in [5.41, 5.74) is 8.83. The third-order valence-corrected chi connectivity index (χ3v) is 11.5. The van der Waals surface area contributed by atoms with Crippen LogP contribution in [0.1, 0.15) is 54.0 Å². The van der Waals surface area contributed by atoms with E-state index in [1.54, 1.807) is 4.68 Å². The molecule has 6 heterocycles. The number of nitrogens with zero attached hydrogens (tertiary/aromatic N) is 9. The van der Waals surface area contributed by atoms with Crippen LogP contribution in [0.2, 0.25) is 0 Å². The third kappa shape index (κ3) is 6.82. The number of fused-ring (bicyclic) bond motifs is 3. The summed E-state index contributed by atoms with van der Waals surface area (Å²) in [4.78, 5) is 51.9. The minimum atomic E-state index is -0.844. The number of piperidine rings is 2. The van der Waals surface area contributed by atoms with E-state index in [0.717, 1.165) is 102 Å². The second kappa shape index (κ2) is 14.5. The molecule has 0 radical (unpaired) electrons. The Morgan fingerprint density at radius 3 is 2.50 bits per heavy atom. The van der Waals surface area contributed by atoms with Gasteiger partial charge in [-0.15, -0.1) is 5.10 Å². The monoisotopic (exact) mass is 752 g/mol. The normalized spacial score (nSPS) is 18.0. The molecule has 6 aromatic rings. The van der Waals surface area contributed by atoms with Crippen molar-refractivity contribution in [1.29, 1.82) is 0 Å². The van der Waals surface area contributed by atoms with Gasteiger partial charge in [-0.1, -0.05) is 29.5 Å². The molecule has 3 aliphatic rings. The zero-order chi connectivity index (χ0) is 38.5. The number of hydrogen-bond donors (Lipinski definition) is 3. The molecule has 3 aromatic heterocycles. The van der Waals surface area contributed by atoms with Crippen LogP contribution < -0.4 is 26.4 Å². The van der Waals surface area contributed by atoms with Crippen molar-refractivity contribution in [3.8, 4) is 0 Å². The Hall–Kier alpha value is -6.22. The number of imide groups is 1. The molecule has 3 N–H and O–H groups in total. The summed E-state index contributed by atoms with van der Waals surface area (Å²) >= 11 is 0. The number of carbonyl (C=O) groups excluding carboxylic acids is 2. The molecule has 0 saturated carbocycles. The van der Waals surface area contributed by atoms with E-state index in [1.165, 1.54) is 11.1 Å². The molecule has 2 amide bonds. The second-order valence-corrected chi connectivity index (χ2v) is 15.3. The van der Waals surface area contributed by atoms with Crippen molar-refractivity contribution in [1.82, 2.24) is 45.0 Å². The Bertz CT molecular complexity index is 2550. The molecule has 56 heavy (non-hydrogen) atoms. The van der Waals surface area contributed by atoms with E-state index in [4.69, 9.17) is 10.1 Å². The van der Waals surface area contributed by atoms with Gasteiger partial charge in [-0.2, -0.15) is 14.8 Å². The van der Waals surface area contributed by atoms with Crippen LogP contribution in [0.3, 0.4) is 0 Å². The minimum Gasteiger partial charge on any atom is -0.371 e. The maximum atomic E-state index is 13.4. The van der Waals surface area contributed by atoms with Gasteiger partial charge in [0.15, 0.2) is 11.5 Å². The van der Waals surface area contributed by atoms with Gasteiger partial charge in [-0.25, -0.2) is 9.67 Å². The number of nitrogens with one attached hydrogen (secondary N) is 3. The number of rotatable bonds is 8. The van der Waals surface area contributed by atoms with Crippen molar-refractivity contribution in [2.75, 3.05) is 41.7 Å². The number of carbonyl (C=O) groups is 2. The van der Waals surface area contributed by atoms with Gasteiger partial charge in [0.1, 0.15) is 11.6 Å². The lowest BCUT2D eigenvalue weighted by Crippen LogP contribution is -2.45. The maximum absolute atomic E-state index is 13.4. The SMILES string of the molecule is Cc1cccc(C)c1Nc1nn(C)c2nc(Nc3ccc4c(c3)CN(CC3CCN(c5ccc6nnn(C7CCC(=O)NC7=O)c(=O)c6c5)CC3)CC4)ncc12. The number of benzene rings is 3. The number of amides is 2. The fraction of sp³-hybridized carbons (Fsp3) is 0.366. The highest BCUT2D eigenvalue weighted by Crippen LogP contribution is 2.31. The van der Waals surface area contributed by atoms with Crippen LogP contribution in [0.25, 0.3) is 21.9 Å². The fourth-order valence-electron chi connectivity index (χ4n) is 8.40. The first kappa shape index (κ1) is 35.5. The summed E-state index contributed by atoms with van der Waals surface area (Å²) < 4.78 is 2.90. The van der Waals surface area contributed by atoms with Crippen LogP contribution in [-0.2, 0) is 29.6 Å². The number of anilines is 5. The molecule has 15 nitrogen and oxygen atoms in total. The van der Waals surface area contributed by atoms with Gasteiger partial charge in [0, 0.05) is 69.5 Å². The maximum Gasteiger partial charge on any atom is 0.278 e. The lowest BCUT2D eigenvalue weighted by atomic mass is 9.93. The van der Waals surface area contributed by atoms with E-state index >= 15 is 0 Å². The van der Waals surface area contributed by atoms with E-state index in [2.05, 4.69) is 91.3 Å². The summed E-state index contributed by atoms with van der Waals surface area (Å²) in [6.45, 7) is 8.91. The molecule has 3 aliphatic heterocycles. The van der Waals surface area contributed by atoms with Crippen LogP contribution in [-0.4, -0.2) is 77.6 Å². The van der Waals surface area contributed by atoms with E-state index in [1.807, 2.05) is 31.4 Å². The fourth-order valence-corrected chi connectivity index (χ4v) is 8.40. The topological polar surface area (TPSA) is 168 Å². The van der Waals surface area contributed by atoms with Crippen molar-refractivity contribution < 1.29 is 9.59 Å². The van der Waals surface area contributed by atoms with Gasteiger partial charge in [-0.3, -0.25) is 24.6 Å². The van der Waals surface area contributed by atoms with Gasteiger partial charge in [0.2, 0.25) is 11.9 Å². The van der Waals surface area contributed by atoms with Gasteiger partial charge in [0.05, 0.1) is 10.8 Å². The van der Waals surface area contributed by atoms with Crippen molar-refractivity contribution in [2.24, 2.45) is 13.0 Å². The number of aromatic nitrogens is 7. The summed E-state index contributed by atoms with van der Waals surface area (Å²) in [7, 11) is 1.90. The lowest BCUT2D eigenvalue weighted by Gasteiger charge is -2.37. The molecule has 15 heteroatoms. The van der Waals surface area contributed by atoms with Crippen LogP contribution in [0.4, 0.5) is 28.8 Å². The van der Waals surface area contributed by atoms with Crippen molar-refractivity contribution in [2.45, 2.75) is 58.5 Å². The van der Waals surface area contributed by atoms with Gasteiger partial charge in [-0.05, 0) is 98.0 Å². The quantitative estimate of drug-likeness (QED) is 0.182. The molecule has 2 saturated heterocycles. The number of aryl methyl sites for hydroxylation is 3. The molecule has 286 valence electrons. The van der Waals surface area contributed by atoms with Gasteiger partial charge < -0.3 is 15.5 Å². The molecule has 3 aromatic carbocycles. The average Bonchev–Trinajstić information content (AvgIpc) is 3.50. The summed E-state index contributed by atoms with van der Waals surface area (Å²) in [6.07, 6.45) is 5.33. The van der Waals surface area contributed by atoms with Gasteiger partial charge >= 0.3 is 0 Å². The second-order valence-electron chi connectivity index (χ2n) is 15.3. The molecule has 0 spiro atoms. The third-order valence-electron chi connectivity index (χ3n) is 11.5.